The number of methoxy groups -OCH3 is 1. The van der Waals surface area contributed by atoms with Crippen molar-refractivity contribution in [3.8, 4) is 5.75 Å². The summed E-state index contributed by atoms with van der Waals surface area (Å²) in [4.78, 5) is 25.1. The highest BCUT2D eigenvalue weighted by molar-refractivity contribution is 7.89. The van der Waals surface area contributed by atoms with Crippen LogP contribution in [0.4, 0.5) is 0 Å². The second-order valence-electron chi connectivity index (χ2n) is 7.66. The van der Waals surface area contributed by atoms with E-state index in [0.29, 0.717) is 24.0 Å². The standard InChI is InChI=1S/C22H24N4O6S/c1-31-19-11-10-16(14-20(19)33(29,30)25-12-6-2-3-7-13-25)22(28)32-15-26-21(27)17-8-4-5-9-18(17)23-24-26/h4-5,8-11,14H,2-3,6-7,12-13,15H2,1H3. The van der Waals surface area contributed by atoms with Gasteiger partial charge < -0.3 is 9.47 Å². The van der Waals surface area contributed by atoms with Gasteiger partial charge in [-0.05, 0) is 43.2 Å². The number of aromatic nitrogens is 3. The minimum atomic E-state index is -3.86. The maximum absolute atomic E-state index is 13.3. The quantitative estimate of drug-likeness (QED) is 0.501. The van der Waals surface area contributed by atoms with Crippen LogP contribution in [0.25, 0.3) is 10.9 Å². The lowest BCUT2D eigenvalue weighted by Crippen LogP contribution is -2.32. The molecular weight excluding hydrogens is 448 g/mol. The Labute approximate surface area is 190 Å². The lowest BCUT2D eigenvalue weighted by Gasteiger charge is -2.21. The number of carbonyl (C=O) groups excluding carboxylic acids is 1. The molecule has 0 spiro atoms. The van der Waals surface area contributed by atoms with Crippen LogP contribution in [0.2, 0.25) is 0 Å². The van der Waals surface area contributed by atoms with Gasteiger partial charge in [0, 0.05) is 13.1 Å². The molecule has 1 aliphatic heterocycles. The molecule has 33 heavy (non-hydrogen) atoms. The van der Waals surface area contributed by atoms with Gasteiger partial charge in [-0.1, -0.05) is 30.2 Å². The Morgan fingerprint density at radius 1 is 1.06 bits per heavy atom. The summed E-state index contributed by atoms with van der Waals surface area (Å²) in [5, 5.41) is 8.07. The summed E-state index contributed by atoms with van der Waals surface area (Å²) in [5.41, 5.74) is 0.00199. The zero-order valence-corrected chi connectivity index (χ0v) is 19.0. The molecule has 3 aromatic rings. The first-order valence-corrected chi connectivity index (χ1v) is 12.0. The van der Waals surface area contributed by atoms with Gasteiger partial charge in [0.05, 0.1) is 18.1 Å². The smallest absolute Gasteiger partial charge is 0.339 e. The van der Waals surface area contributed by atoms with E-state index >= 15 is 0 Å². The Morgan fingerprint density at radius 3 is 2.52 bits per heavy atom. The number of rotatable bonds is 6. The molecule has 0 unspecified atom stereocenters. The van der Waals surface area contributed by atoms with Crippen molar-refractivity contribution < 1.29 is 22.7 Å². The van der Waals surface area contributed by atoms with E-state index in [-0.39, 0.29) is 16.2 Å². The van der Waals surface area contributed by atoms with Crippen molar-refractivity contribution >= 4 is 26.9 Å². The van der Waals surface area contributed by atoms with Gasteiger partial charge in [0.1, 0.15) is 16.2 Å². The van der Waals surface area contributed by atoms with Crippen molar-refractivity contribution in [1.29, 1.82) is 0 Å². The third-order valence-corrected chi connectivity index (χ3v) is 7.45. The van der Waals surface area contributed by atoms with Gasteiger partial charge >= 0.3 is 5.97 Å². The third-order valence-electron chi connectivity index (χ3n) is 5.53. The lowest BCUT2D eigenvalue weighted by atomic mass is 10.2. The number of benzene rings is 2. The number of hydrogen-bond acceptors (Lipinski definition) is 8. The Kier molecular flexibility index (Phi) is 6.70. The van der Waals surface area contributed by atoms with Crippen LogP contribution in [0, 0.1) is 0 Å². The van der Waals surface area contributed by atoms with Crippen LogP contribution < -0.4 is 10.3 Å². The number of carbonyl (C=O) groups is 1. The Morgan fingerprint density at radius 2 is 1.79 bits per heavy atom. The molecule has 2 aromatic carbocycles. The van der Waals surface area contributed by atoms with Gasteiger partial charge in [0.15, 0.2) is 6.73 Å². The van der Waals surface area contributed by atoms with Crippen molar-refractivity contribution in [2.75, 3.05) is 20.2 Å². The van der Waals surface area contributed by atoms with E-state index in [1.54, 1.807) is 24.3 Å². The average molecular weight is 473 g/mol. The van der Waals surface area contributed by atoms with E-state index in [9.17, 15) is 18.0 Å². The fourth-order valence-corrected chi connectivity index (χ4v) is 5.44. The van der Waals surface area contributed by atoms with Crippen molar-refractivity contribution in [3.05, 3.63) is 58.4 Å². The van der Waals surface area contributed by atoms with Crippen molar-refractivity contribution in [2.24, 2.45) is 0 Å². The molecule has 2 heterocycles. The van der Waals surface area contributed by atoms with E-state index < -0.39 is 28.3 Å². The van der Waals surface area contributed by atoms with Crippen molar-refractivity contribution in [3.63, 3.8) is 0 Å². The fourth-order valence-electron chi connectivity index (χ4n) is 3.74. The second kappa shape index (κ2) is 9.67. The van der Waals surface area contributed by atoms with Gasteiger partial charge in [-0.2, -0.15) is 8.99 Å². The molecule has 0 saturated carbocycles. The van der Waals surface area contributed by atoms with Gasteiger partial charge in [0.25, 0.3) is 5.56 Å². The monoisotopic (exact) mass is 472 g/mol. The highest BCUT2D eigenvalue weighted by Crippen LogP contribution is 2.29. The number of esters is 1. The zero-order valence-electron chi connectivity index (χ0n) is 18.1. The van der Waals surface area contributed by atoms with Crippen LogP contribution in [-0.4, -0.2) is 53.9 Å². The van der Waals surface area contributed by atoms with Gasteiger partial charge in [-0.25, -0.2) is 13.2 Å². The first-order chi connectivity index (χ1) is 15.9. The van der Waals surface area contributed by atoms with E-state index in [1.807, 2.05) is 0 Å². The molecule has 0 N–H and O–H groups in total. The first-order valence-electron chi connectivity index (χ1n) is 10.6. The zero-order chi connectivity index (χ0) is 23.4. The summed E-state index contributed by atoms with van der Waals surface area (Å²) in [5.74, 6) is -0.653. The molecule has 4 rings (SSSR count). The van der Waals surface area contributed by atoms with E-state index in [1.165, 1.54) is 29.6 Å². The van der Waals surface area contributed by atoms with Crippen molar-refractivity contribution in [1.82, 2.24) is 19.3 Å². The summed E-state index contributed by atoms with van der Waals surface area (Å²) in [6.07, 6.45) is 3.52. The molecule has 0 radical (unpaired) electrons. The molecule has 174 valence electrons. The minimum absolute atomic E-state index is 0.0194. The molecule has 1 aliphatic rings. The number of fused-ring (bicyclic) bond motifs is 1. The fraction of sp³-hybridized carbons (Fsp3) is 0.364. The SMILES string of the molecule is COc1ccc(C(=O)OCn2nnc3ccccc3c2=O)cc1S(=O)(=O)N1CCCCCC1. The predicted molar refractivity (Wildman–Crippen MR) is 119 cm³/mol. The molecule has 0 bridgehead atoms. The lowest BCUT2D eigenvalue weighted by molar-refractivity contribution is 0.0335. The molecule has 1 aromatic heterocycles. The van der Waals surface area contributed by atoms with Crippen LogP contribution >= 0.6 is 0 Å². The van der Waals surface area contributed by atoms with Crippen LogP contribution in [0.3, 0.4) is 0 Å². The van der Waals surface area contributed by atoms with Crippen LogP contribution in [0.15, 0.2) is 52.2 Å². The maximum atomic E-state index is 13.3. The number of nitrogens with zero attached hydrogens (tertiary/aromatic N) is 4. The molecular formula is C22H24N4O6S. The molecule has 1 saturated heterocycles. The predicted octanol–water partition coefficient (Wildman–Crippen LogP) is 2.18. The Balaban J connectivity index is 1.57. The van der Waals surface area contributed by atoms with Crippen LogP contribution in [0.1, 0.15) is 36.0 Å². The molecule has 0 aliphatic carbocycles. The van der Waals surface area contributed by atoms with Gasteiger partial charge in [-0.15, -0.1) is 5.10 Å². The molecule has 0 amide bonds. The van der Waals surface area contributed by atoms with Crippen LogP contribution in [-0.2, 0) is 21.5 Å². The number of hydrogen-bond donors (Lipinski definition) is 0. The first kappa shape index (κ1) is 22.9. The van der Waals surface area contributed by atoms with Gasteiger partial charge in [0.2, 0.25) is 10.0 Å². The largest absolute Gasteiger partial charge is 0.495 e. The topological polar surface area (TPSA) is 121 Å². The molecule has 1 fully saturated rings. The molecule has 10 nitrogen and oxygen atoms in total. The highest BCUT2D eigenvalue weighted by atomic mass is 32.2. The summed E-state index contributed by atoms with van der Waals surface area (Å²) in [7, 11) is -2.48. The maximum Gasteiger partial charge on any atom is 0.339 e. The number of sulfonamides is 1. The normalized spacial score (nSPS) is 15.2. The summed E-state index contributed by atoms with van der Waals surface area (Å²) < 4.78 is 39.4. The Hall–Kier alpha value is -3.31. The van der Waals surface area contributed by atoms with Crippen LogP contribution in [0.5, 0.6) is 5.75 Å². The van der Waals surface area contributed by atoms with E-state index in [0.717, 1.165) is 30.4 Å². The minimum Gasteiger partial charge on any atom is -0.495 e. The molecule has 11 heteroatoms. The Bertz CT molecular complexity index is 1330. The average Bonchev–Trinajstić information content (AvgIpc) is 3.13. The molecule has 0 atom stereocenters. The van der Waals surface area contributed by atoms with E-state index in [4.69, 9.17) is 9.47 Å². The summed E-state index contributed by atoms with van der Waals surface area (Å²) in [6, 6.07) is 10.8. The summed E-state index contributed by atoms with van der Waals surface area (Å²) >= 11 is 0. The summed E-state index contributed by atoms with van der Waals surface area (Å²) in [6.45, 7) is 0.378. The van der Waals surface area contributed by atoms with Crippen molar-refractivity contribution in [2.45, 2.75) is 37.3 Å². The second-order valence-corrected chi connectivity index (χ2v) is 9.56. The van der Waals surface area contributed by atoms with Gasteiger partial charge in [-0.3, -0.25) is 4.79 Å². The highest BCUT2D eigenvalue weighted by Gasteiger charge is 2.29. The van der Waals surface area contributed by atoms with E-state index in [2.05, 4.69) is 10.3 Å². The number of ether oxygens (including phenoxy) is 2. The third kappa shape index (κ3) is 4.74.